The summed E-state index contributed by atoms with van der Waals surface area (Å²) in [7, 11) is 0. The molecule has 0 saturated heterocycles. The Morgan fingerprint density at radius 3 is 2.71 bits per heavy atom. The standard InChI is InChI=1S/C8H15F2NO3/c1-2-14-7(13)8(9,10)6-11-4-3-5-12/h11-12H,2-6H2,1H3. The molecule has 0 aromatic carbocycles. The van der Waals surface area contributed by atoms with E-state index in [1.54, 1.807) is 0 Å². The minimum absolute atomic E-state index is 0.0644. The second-order valence-electron chi connectivity index (χ2n) is 2.68. The number of rotatable bonds is 7. The Balaban J connectivity index is 3.76. The SMILES string of the molecule is CCOC(=O)C(F)(F)CNCCCO. The highest BCUT2D eigenvalue weighted by Gasteiger charge is 2.39. The molecule has 0 fully saturated rings. The van der Waals surface area contributed by atoms with Crippen LogP contribution in [0.1, 0.15) is 13.3 Å². The van der Waals surface area contributed by atoms with Gasteiger partial charge in [-0.15, -0.1) is 0 Å². The lowest BCUT2D eigenvalue weighted by Gasteiger charge is -2.14. The summed E-state index contributed by atoms with van der Waals surface area (Å²) in [6.07, 6.45) is 0.374. The molecule has 0 amide bonds. The summed E-state index contributed by atoms with van der Waals surface area (Å²) in [5, 5.41) is 10.7. The van der Waals surface area contributed by atoms with Crippen LogP contribution in [0.5, 0.6) is 0 Å². The molecule has 0 heterocycles. The predicted octanol–water partition coefficient (Wildman–Crippen LogP) is 0.157. The second-order valence-corrected chi connectivity index (χ2v) is 2.68. The van der Waals surface area contributed by atoms with Crippen LogP contribution in [0.15, 0.2) is 0 Å². The number of halogens is 2. The largest absolute Gasteiger partial charge is 0.462 e. The van der Waals surface area contributed by atoms with Crippen molar-refractivity contribution in [3.63, 3.8) is 0 Å². The van der Waals surface area contributed by atoms with Crippen LogP contribution in [0.2, 0.25) is 0 Å². The molecular formula is C8H15F2NO3. The third-order valence-electron chi connectivity index (χ3n) is 1.43. The van der Waals surface area contributed by atoms with E-state index in [-0.39, 0.29) is 19.8 Å². The third-order valence-corrected chi connectivity index (χ3v) is 1.43. The van der Waals surface area contributed by atoms with Gasteiger partial charge in [-0.1, -0.05) is 0 Å². The third kappa shape index (κ3) is 5.08. The Kier molecular flexibility index (Phi) is 6.31. The van der Waals surface area contributed by atoms with Crippen molar-refractivity contribution in [2.75, 3.05) is 26.3 Å². The van der Waals surface area contributed by atoms with Gasteiger partial charge in [0, 0.05) is 6.61 Å². The topological polar surface area (TPSA) is 58.6 Å². The van der Waals surface area contributed by atoms with Crippen molar-refractivity contribution in [3.05, 3.63) is 0 Å². The highest BCUT2D eigenvalue weighted by Crippen LogP contribution is 2.13. The van der Waals surface area contributed by atoms with Crippen molar-refractivity contribution >= 4 is 5.97 Å². The Hall–Kier alpha value is -0.750. The van der Waals surface area contributed by atoms with Crippen molar-refractivity contribution in [1.82, 2.24) is 5.32 Å². The highest BCUT2D eigenvalue weighted by atomic mass is 19.3. The summed E-state index contributed by atoms with van der Waals surface area (Å²) in [5.74, 6) is -5.01. The molecule has 0 unspecified atom stereocenters. The Bertz CT molecular complexity index is 176. The lowest BCUT2D eigenvalue weighted by atomic mass is 10.3. The van der Waals surface area contributed by atoms with E-state index < -0.39 is 18.4 Å². The number of carbonyl (C=O) groups excluding carboxylic acids is 1. The number of hydrogen-bond donors (Lipinski definition) is 2. The number of esters is 1. The van der Waals surface area contributed by atoms with Gasteiger partial charge in [0.2, 0.25) is 0 Å². The Morgan fingerprint density at radius 2 is 2.21 bits per heavy atom. The maximum Gasteiger partial charge on any atom is 0.378 e. The number of carbonyl (C=O) groups is 1. The van der Waals surface area contributed by atoms with E-state index in [1.165, 1.54) is 6.92 Å². The molecular weight excluding hydrogens is 196 g/mol. The Labute approximate surface area is 81.2 Å². The van der Waals surface area contributed by atoms with Crippen LogP contribution in [0, 0.1) is 0 Å². The van der Waals surface area contributed by atoms with Gasteiger partial charge in [-0.2, -0.15) is 8.78 Å². The molecule has 0 aromatic heterocycles. The van der Waals surface area contributed by atoms with Crippen LogP contribution >= 0.6 is 0 Å². The summed E-state index contributed by atoms with van der Waals surface area (Å²) in [5.41, 5.74) is 0. The molecule has 14 heavy (non-hydrogen) atoms. The zero-order valence-electron chi connectivity index (χ0n) is 8.06. The molecule has 0 spiro atoms. The van der Waals surface area contributed by atoms with E-state index in [0.29, 0.717) is 6.42 Å². The van der Waals surface area contributed by atoms with Crippen molar-refractivity contribution in [1.29, 1.82) is 0 Å². The summed E-state index contributed by atoms with van der Waals surface area (Å²) in [6, 6.07) is 0. The van der Waals surface area contributed by atoms with Gasteiger partial charge in [0.05, 0.1) is 13.2 Å². The number of hydrogen-bond acceptors (Lipinski definition) is 4. The zero-order valence-corrected chi connectivity index (χ0v) is 8.06. The summed E-state index contributed by atoms with van der Waals surface area (Å²) < 4.78 is 29.8. The van der Waals surface area contributed by atoms with Crippen LogP contribution in [0.3, 0.4) is 0 Å². The van der Waals surface area contributed by atoms with E-state index in [0.717, 1.165) is 0 Å². The van der Waals surface area contributed by atoms with Crippen LogP contribution in [-0.4, -0.2) is 43.3 Å². The minimum Gasteiger partial charge on any atom is -0.462 e. The molecule has 6 heteroatoms. The molecule has 0 radical (unpaired) electrons. The van der Waals surface area contributed by atoms with Crippen molar-refractivity contribution < 1.29 is 23.4 Å². The molecule has 0 aliphatic heterocycles. The summed E-state index contributed by atoms with van der Waals surface area (Å²) in [4.78, 5) is 10.7. The number of aliphatic hydroxyl groups is 1. The van der Waals surface area contributed by atoms with Crippen LogP contribution < -0.4 is 5.32 Å². The van der Waals surface area contributed by atoms with Crippen molar-refractivity contribution in [2.24, 2.45) is 0 Å². The zero-order chi connectivity index (χ0) is 11.0. The van der Waals surface area contributed by atoms with Gasteiger partial charge in [0.25, 0.3) is 0 Å². The van der Waals surface area contributed by atoms with E-state index in [2.05, 4.69) is 10.1 Å². The molecule has 0 atom stereocenters. The number of ether oxygens (including phenoxy) is 1. The van der Waals surface area contributed by atoms with Crippen molar-refractivity contribution in [3.8, 4) is 0 Å². The predicted molar refractivity (Wildman–Crippen MR) is 46.2 cm³/mol. The van der Waals surface area contributed by atoms with E-state index in [1.807, 2.05) is 0 Å². The molecule has 0 bridgehead atoms. The first-order chi connectivity index (χ1) is 6.54. The Morgan fingerprint density at radius 1 is 1.57 bits per heavy atom. The molecule has 0 rings (SSSR count). The van der Waals surface area contributed by atoms with E-state index in [4.69, 9.17) is 5.11 Å². The summed E-state index contributed by atoms with van der Waals surface area (Å²) >= 11 is 0. The molecule has 0 aliphatic carbocycles. The number of nitrogens with one attached hydrogen (secondary N) is 1. The molecule has 4 nitrogen and oxygen atoms in total. The average molecular weight is 211 g/mol. The van der Waals surface area contributed by atoms with Gasteiger partial charge in [-0.25, -0.2) is 4.79 Å². The molecule has 84 valence electrons. The first kappa shape index (κ1) is 13.2. The quantitative estimate of drug-likeness (QED) is 0.465. The lowest BCUT2D eigenvalue weighted by molar-refractivity contribution is -0.170. The normalized spacial score (nSPS) is 11.4. The fourth-order valence-corrected chi connectivity index (χ4v) is 0.758. The summed E-state index contributed by atoms with van der Waals surface area (Å²) in [6.45, 7) is 0.813. The van der Waals surface area contributed by atoms with Crippen LogP contribution in [-0.2, 0) is 9.53 Å². The lowest BCUT2D eigenvalue weighted by Crippen LogP contribution is -2.41. The molecule has 0 aliphatic rings. The molecule has 2 N–H and O–H groups in total. The fourth-order valence-electron chi connectivity index (χ4n) is 0.758. The van der Waals surface area contributed by atoms with Crippen LogP contribution in [0.25, 0.3) is 0 Å². The first-order valence-electron chi connectivity index (χ1n) is 4.41. The van der Waals surface area contributed by atoms with Crippen molar-refractivity contribution in [2.45, 2.75) is 19.3 Å². The van der Waals surface area contributed by atoms with Gasteiger partial charge in [0.1, 0.15) is 0 Å². The monoisotopic (exact) mass is 211 g/mol. The molecule has 0 aromatic rings. The van der Waals surface area contributed by atoms with Gasteiger partial charge in [0.15, 0.2) is 0 Å². The second kappa shape index (κ2) is 6.67. The van der Waals surface area contributed by atoms with E-state index >= 15 is 0 Å². The highest BCUT2D eigenvalue weighted by molar-refractivity contribution is 5.77. The smallest absolute Gasteiger partial charge is 0.378 e. The minimum atomic E-state index is -3.49. The first-order valence-corrected chi connectivity index (χ1v) is 4.41. The maximum absolute atomic E-state index is 12.8. The van der Waals surface area contributed by atoms with Gasteiger partial charge in [-0.3, -0.25) is 0 Å². The number of alkyl halides is 2. The maximum atomic E-state index is 12.8. The van der Waals surface area contributed by atoms with Gasteiger partial charge < -0.3 is 15.2 Å². The fraction of sp³-hybridized carbons (Fsp3) is 0.875. The van der Waals surface area contributed by atoms with Gasteiger partial charge >= 0.3 is 11.9 Å². The van der Waals surface area contributed by atoms with E-state index in [9.17, 15) is 13.6 Å². The van der Waals surface area contributed by atoms with Gasteiger partial charge in [-0.05, 0) is 19.9 Å². The number of aliphatic hydroxyl groups excluding tert-OH is 1. The molecule has 0 saturated carbocycles. The average Bonchev–Trinajstić information content (AvgIpc) is 2.13. The van der Waals surface area contributed by atoms with Crippen LogP contribution in [0.4, 0.5) is 8.78 Å².